The molecule has 0 fully saturated rings. The number of nitrogens with zero attached hydrogens (tertiary/aromatic N) is 2. The SMILES string of the molecule is CC(C)(C)c1ccc(N2c3cc4c(cc3B3c5c2cc(-c2cccc([Si](c6ccccc6)(c6ccccc6)c6ccccc6)c2)cc5N(c2ccc(C(C)(C)C)cc2)c2sc5ccc(C(C)(C)C)cc5c23)C(C)(C)CCC4(C)C)cc1. The molecule has 13 rings (SSSR count). The molecule has 404 valence electrons. The fraction of sp³-hybridized carbons (Fsp3) is 0.263. The van der Waals surface area contributed by atoms with E-state index in [-0.39, 0.29) is 33.8 Å². The number of fused-ring (bicyclic) bond motifs is 7. The van der Waals surface area contributed by atoms with Crippen LogP contribution in [0.3, 0.4) is 0 Å². The third-order valence-electron chi connectivity index (χ3n) is 18.8. The topological polar surface area (TPSA) is 6.48 Å². The van der Waals surface area contributed by atoms with Gasteiger partial charge in [-0.05, 0) is 170 Å². The Morgan fingerprint density at radius 3 is 1.37 bits per heavy atom. The molecule has 2 aliphatic heterocycles. The van der Waals surface area contributed by atoms with Crippen LogP contribution in [0, 0.1) is 0 Å². The molecule has 0 unspecified atom stereocenters. The second kappa shape index (κ2) is 18.9. The van der Waals surface area contributed by atoms with Gasteiger partial charge in [0.1, 0.15) is 0 Å². The normalized spacial score (nSPS) is 15.5. The van der Waals surface area contributed by atoms with Gasteiger partial charge in [-0.2, -0.15) is 0 Å². The highest BCUT2D eigenvalue weighted by Crippen LogP contribution is 2.53. The fourth-order valence-electron chi connectivity index (χ4n) is 14.0. The molecule has 81 heavy (non-hydrogen) atoms. The Kier molecular flexibility index (Phi) is 12.4. The molecule has 0 saturated carbocycles. The molecule has 3 heterocycles. The van der Waals surface area contributed by atoms with Crippen molar-refractivity contribution in [1.82, 2.24) is 0 Å². The first kappa shape index (κ1) is 53.2. The molecule has 10 aromatic rings. The van der Waals surface area contributed by atoms with Gasteiger partial charge in [0.2, 0.25) is 0 Å². The summed E-state index contributed by atoms with van der Waals surface area (Å²) in [6, 6.07) is 80.8. The highest BCUT2D eigenvalue weighted by molar-refractivity contribution is 7.26. The van der Waals surface area contributed by atoms with E-state index in [0.29, 0.717) is 0 Å². The molecular weight excluding hydrogens is 1010 g/mol. The lowest BCUT2D eigenvalue weighted by Crippen LogP contribution is -2.74. The molecule has 5 heteroatoms. The number of benzene rings is 9. The van der Waals surface area contributed by atoms with E-state index in [1.54, 1.807) is 0 Å². The van der Waals surface area contributed by atoms with Crippen molar-refractivity contribution >= 4 is 107 Å². The molecule has 2 nitrogen and oxygen atoms in total. The molecule has 0 radical (unpaired) electrons. The summed E-state index contributed by atoms with van der Waals surface area (Å²) in [5.74, 6) is 0. The average Bonchev–Trinajstić information content (AvgIpc) is 3.72. The van der Waals surface area contributed by atoms with E-state index in [9.17, 15) is 0 Å². The maximum atomic E-state index is 2.70. The maximum Gasteiger partial charge on any atom is 0.254 e. The van der Waals surface area contributed by atoms with Gasteiger partial charge in [-0.1, -0.05) is 248 Å². The molecular formula is C76H77BN2SSi. The Hall–Kier alpha value is -7.18. The Bertz CT molecular complexity index is 3940. The summed E-state index contributed by atoms with van der Waals surface area (Å²) in [6.45, 7) is 31.0. The lowest BCUT2D eigenvalue weighted by molar-refractivity contribution is 0.332. The predicted molar refractivity (Wildman–Crippen MR) is 356 cm³/mol. The number of hydrogen-bond donors (Lipinski definition) is 0. The summed E-state index contributed by atoms with van der Waals surface area (Å²) in [5, 5.41) is 8.15. The van der Waals surface area contributed by atoms with E-state index in [1.807, 2.05) is 11.3 Å². The van der Waals surface area contributed by atoms with Gasteiger partial charge in [0.05, 0.1) is 5.00 Å². The van der Waals surface area contributed by atoms with Crippen LogP contribution in [0.2, 0.25) is 0 Å². The zero-order valence-corrected chi connectivity index (χ0v) is 51.7. The summed E-state index contributed by atoms with van der Waals surface area (Å²) in [6.07, 6.45) is 2.30. The third-order valence-corrected chi connectivity index (χ3v) is 24.7. The lowest BCUT2D eigenvalue weighted by Gasteiger charge is -2.47. The average molecular weight is 1090 g/mol. The summed E-state index contributed by atoms with van der Waals surface area (Å²) >= 11 is 1.97. The van der Waals surface area contributed by atoms with Crippen molar-refractivity contribution in [3.63, 3.8) is 0 Å². The van der Waals surface area contributed by atoms with Gasteiger partial charge < -0.3 is 9.80 Å². The smallest absolute Gasteiger partial charge is 0.254 e. The maximum absolute atomic E-state index is 2.88. The monoisotopic (exact) mass is 1090 g/mol. The molecule has 0 spiro atoms. The summed E-state index contributed by atoms with van der Waals surface area (Å²) in [4.78, 5) is 5.35. The number of thiophene rings is 1. The molecule has 0 N–H and O–H groups in total. The van der Waals surface area contributed by atoms with Crippen LogP contribution in [0.5, 0.6) is 0 Å². The van der Waals surface area contributed by atoms with E-state index in [0.717, 1.165) is 12.8 Å². The Balaban J connectivity index is 1.17. The number of anilines is 6. The first-order valence-electron chi connectivity index (χ1n) is 29.6. The highest BCUT2D eigenvalue weighted by Gasteiger charge is 2.49. The van der Waals surface area contributed by atoms with Crippen LogP contribution in [0.25, 0.3) is 21.2 Å². The zero-order valence-electron chi connectivity index (χ0n) is 49.9. The van der Waals surface area contributed by atoms with Crippen LogP contribution < -0.4 is 46.9 Å². The summed E-state index contributed by atoms with van der Waals surface area (Å²) in [5.41, 5.74) is 19.8. The van der Waals surface area contributed by atoms with E-state index in [4.69, 9.17) is 0 Å². The molecule has 0 bridgehead atoms. The fourth-order valence-corrected chi connectivity index (χ4v) is 20.0. The van der Waals surface area contributed by atoms with Gasteiger partial charge in [0, 0.05) is 33.1 Å². The van der Waals surface area contributed by atoms with E-state index >= 15 is 0 Å². The number of hydrogen-bond acceptors (Lipinski definition) is 3. The van der Waals surface area contributed by atoms with Crippen molar-refractivity contribution in [2.45, 2.75) is 130 Å². The minimum Gasteiger partial charge on any atom is -0.311 e. The Morgan fingerprint density at radius 1 is 0.407 bits per heavy atom. The van der Waals surface area contributed by atoms with Gasteiger partial charge in [-0.3, -0.25) is 0 Å². The largest absolute Gasteiger partial charge is 0.311 e. The highest BCUT2D eigenvalue weighted by atomic mass is 32.1. The van der Waals surface area contributed by atoms with Crippen molar-refractivity contribution in [1.29, 1.82) is 0 Å². The summed E-state index contributed by atoms with van der Waals surface area (Å²) < 4.78 is 1.33. The van der Waals surface area contributed by atoms with Crippen LogP contribution in [-0.4, -0.2) is 14.8 Å². The quantitative estimate of drug-likeness (QED) is 0.116. The van der Waals surface area contributed by atoms with Crippen LogP contribution in [0.4, 0.5) is 33.4 Å². The van der Waals surface area contributed by atoms with Crippen molar-refractivity contribution in [2.75, 3.05) is 9.80 Å². The van der Waals surface area contributed by atoms with Gasteiger partial charge in [0.15, 0.2) is 8.07 Å². The van der Waals surface area contributed by atoms with E-state index < -0.39 is 8.07 Å². The molecule has 0 amide bonds. The Labute approximate surface area is 488 Å². The van der Waals surface area contributed by atoms with Crippen LogP contribution >= 0.6 is 11.3 Å². The number of rotatable bonds is 7. The van der Waals surface area contributed by atoms with Gasteiger partial charge in [0.25, 0.3) is 6.71 Å². The minimum atomic E-state index is -2.88. The van der Waals surface area contributed by atoms with Crippen LogP contribution in [-0.2, 0) is 27.1 Å². The van der Waals surface area contributed by atoms with Gasteiger partial charge in [-0.15, -0.1) is 11.3 Å². The molecule has 1 aliphatic carbocycles. The molecule has 0 saturated heterocycles. The van der Waals surface area contributed by atoms with Crippen molar-refractivity contribution in [3.8, 4) is 11.1 Å². The first-order valence-corrected chi connectivity index (χ1v) is 32.4. The first-order chi connectivity index (χ1) is 38.5. The Morgan fingerprint density at radius 2 is 0.864 bits per heavy atom. The van der Waals surface area contributed by atoms with Crippen LogP contribution in [0.1, 0.15) is 131 Å². The second-order valence-corrected chi connectivity index (χ2v) is 32.9. The van der Waals surface area contributed by atoms with E-state index in [1.165, 1.54) is 120 Å². The standard InChI is InChI=1S/C76H77BN2SSi/c1-72(2,3)52-32-37-55(38-33-52)78-65-49-63-62(75(10,11)42-43-76(63,12)13)48-64(65)77-69-61-47-54(74(7,8)9)36-41-68(61)80-71(69)79(56-39-34-53(35-40-56)73(4,5)6)67-46-51(45-66(78)70(67)77)50-24-23-31-60(44-50)81(57-25-17-14-18-26-57,58-27-19-15-20-28-58)59-29-21-16-22-30-59/h14-41,44-49H,42-43H2,1-13H3. The predicted octanol–water partition coefficient (Wildman–Crippen LogP) is 16.3. The molecule has 3 aliphatic rings. The second-order valence-electron chi connectivity index (χ2n) is 28.1. The minimum absolute atomic E-state index is 0.00530. The van der Waals surface area contributed by atoms with E-state index in [2.05, 4.69) is 306 Å². The van der Waals surface area contributed by atoms with Crippen molar-refractivity contribution in [2.24, 2.45) is 0 Å². The molecule has 1 aromatic heterocycles. The molecule has 0 atom stereocenters. The summed E-state index contributed by atoms with van der Waals surface area (Å²) in [7, 11) is -2.88. The lowest BCUT2D eigenvalue weighted by atomic mass is 9.33. The van der Waals surface area contributed by atoms with Crippen molar-refractivity contribution in [3.05, 3.63) is 234 Å². The van der Waals surface area contributed by atoms with Gasteiger partial charge in [-0.25, -0.2) is 0 Å². The zero-order chi connectivity index (χ0) is 56.6. The van der Waals surface area contributed by atoms with Crippen LogP contribution in [0.15, 0.2) is 206 Å². The molecule has 9 aromatic carbocycles. The van der Waals surface area contributed by atoms with Gasteiger partial charge >= 0.3 is 0 Å². The third kappa shape index (κ3) is 8.71. The van der Waals surface area contributed by atoms with Crippen molar-refractivity contribution < 1.29 is 0 Å².